The van der Waals surface area contributed by atoms with Crippen molar-refractivity contribution in [1.29, 1.82) is 0 Å². The van der Waals surface area contributed by atoms with E-state index in [2.05, 4.69) is 95.3 Å². The first-order valence-electron chi connectivity index (χ1n) is 15.7. The maximum absolute atomic E-state index is 5.61. The van der Waals surface area contributed by atoms with E-state index in [9.17, 15) is 0 Å². The summed E-state index contributed by atoms with van der Waals surface area (Å²) < 4.78 is 2.55. The number of aryl methyl sites for hydroxylation is 6. The molecule has 0 saturated heterocycles. The molecule has 4 nitrogen and oxygen atoms in total. The first-order chi connectivity index (χ1) is 19.5. The number of H-pyrrole nitrogens is 1. The van der Waals surface area contributed by atoms with E-state index in [0.717, 1.165) is 68.4 Å². The quantitative estimate of drug-likeness (QED) is 0.184. The van der Waals surface area contributed by atoms with Crippen LogP contribution in [0.25, 0.3) is 45.4 Å². The Morgan fingerprint density at radius 3 is 1.73 bits per heavy atom. The summed E-state index contributed by atoms with van der Waals surface area (Å²) in [7, 11) is 0. The summed E-state index contributed by atoms with van der Waals surface area (Å²) in [6.07, 6.45) is 11.2. The van der Waals surface area contributed by atoms with Gasteiger partial charge in [-0.25, -0.2) is 9.97 Å². The third kappa shape index (κ3) is 5.24. The predicted octanol–water partition coefficient (Wildman–Crippen LogP) is 9.52. The van der Waals surface area contributed by atoms with Gasteiger partial charge in [-0.2, -0.15) is 0 Å². The second-order valence-corrected chi connectivity index (χ2v) is 10.8. The van der Waals surface area contributed by atoms with E-state index in [-0.39, 0.29) is 22.4 Å². The van der Waals surface area contributed by atoms with Gasteiger partial charge in [-0.05, 0) is 110 Å². The molecule has 5 rings (SSSR count). The second-order valence-electron chi connectivity index (χ2n) is 10.8. The fourth-order valence-electron chi connectivity index (χ4n) is 7.06. The molecular weight excluding hydrogens is 685 g/mol. The Labute approximate surface area is 261 Å². The van der Waals surface area contributed by atoms with Crippen LogP contribution in [-0.4, -0.2) is 19.5 Å². The molecule has 8 bridgehead atoms. The third-order valence-electron chi connectivity index (χ3n) is 8.85. The number of allylic oxidation sites excluding steroid dienone is 2. The molecule has 2 aliphatic rings. The van der Waals surface area contributed by atoms with Gasteiger partial charge in [0.15, 0.2) is 0 Å². The van der Waals surface area contributed by atoms with Crippen LogP contribution in [0.5, 0.6) is 0 Å². The Morgan fingerprint density at radius 1 is 0.610 bits per heavy atom. The molecule has 0 aromatic carbocycles. The molecule has 1 radical (unpaired) electrons. The summed E-state index contributed by atoms with van der Waals surface area (Å²) in [5, 5.41) is 0. The molecule has 0 spiro atoms. The number of aromatic amines is 1. The molecule has 3 aromatic heterocycles. The van der Waals surface area contributed by atoms with Crippen LogP contribution in [0.1, 0.15) is 119 Å². The Bertz CT molecular complexity index is 1680. The molecule has 221 valence electrons. The molecule has 1 N–H and O–H groups in total. The van der Waals surface area contributed by atoms with Crippen molar-refractivity contribution in [2.24, 2.45) is 0 Å². The van der Waals surface area contributed by atoms with E-state index in [4.69, 9.17) is 9.97 Å². The maximum atomic E-state index is 5.61. The predicted molar refractivity (Wildman–Crippen MR) is 174 cm³/mol. The zero-order chi connectivity index (χ0) is 28.6. The maximum Gasteiger partial charge on any atom is 0.0725 e. The summed E-state index contributed by atoms with van der Waals surface area (Å²) in [5.41, 5.74) is 19.3. The zero-order valence-corrected chi connectivity index (χ0v) is 28.4. The average Bonchev–Trinajstić information content (AvgIpc) is 3.73. The van der Waals surface area contributed by atoms with Crippen molar-refractivity contribution in [3.63, 3.8) is 0 Å². The van der Waals surface area contributed by atoms with Gasteiger partial charge in [0.25, 0.3) is 0 Å². The van der Waals surface area contributed by atoms with Crippen LogP contribution < -0.4 is 0 Å². The van der Waals surface area contributed by atoms with E-state index in [1.807, 2.05) is 0 Å². The Kier molecular flexibility index (Phi) is 10.00. The van der Waals surface area contributed by atoms with Gasteiger partial charge in [0.2, 0.25) is 0 Å². The van der Waals surface area contributed by atoms with Crippen LogP contribution in [0.3, 0.4) is 0 Å². The molecule has 0 aliphatic carbocycles. The van der Waals surface area contributed by atoms with Gasteiger partial charge in [-0.3, -0.25) is 0 Å². The standard InChI is InChI=1S/C36H46N4.Au/c1-9-22-19-25-20-23-17-18-24(37-23)21-32-26(10-2)29(13-5)36(40(32)16-8)31(15-7)35-28(12-4)27(11-3)34(39-35)30(14-6)33(22)38-25;/h17-21,38H,9-16H2,1-8H3;. The molecule has 0 atom stereocenters. The largest absolute Gasteiger partial charge is 0.355 e. The molecule has 5 heteroatoms. The van der Waals surface area contributed by atoms with Crippen molar-refractivity contribution < 1.29 is 22.4 Å². The van der Waals surface area contributed by atoms with Gasteiger partial charge in [0.1, 0.15) is 0 Å². The summed E-state index contributed by atoms with van der Waals surface area (Å²) in [4.78, 5) is 14.4. The SMILES string of the molecule is CCC1=C(CC)c2nc1c(CC)c1[nH]c(cc3nc(cc4c(CC)c(CC)c(c2CC)n4CC)C=C3)cc1CC.[Au]. The number of hydrogen-bond donors (Lipinski definition) is 1. The van der Waals surface area contributed by atoms with E-state index in [0.29, 0.717) is 0 Å². The number of hydrogen-bond acceptors (Lipinski definition) is 2. The van der Waals surface area contributed by atoms with Crippen LogP contribution in [-0.2, 0) is 61.0 Å². The Balaban J connectivity index is 0.00000387. The van der Waals surface area contributed by atoms with Gasteiger partial charge in [0.05, 0.1) is 28.3 Å². The van der Waals surface area contributed by atoms with Crippen molar-refractivity contribution in [3.05, 3.63) is 68.8 Å². The topological polar surface area (TPSA) is 46.5 Å². The van der Waals surface area contributed by atoms with Gasteiger partial charge in [0, 0.05) is 56.6 Å². The molecule has 5 heterocycles. The fourth-order valence-corrected chi connectivity index (χ4v) is 7.06. The van der Waals surface area contributed by atoms with Crippen molar-refractivity contribution in [2.45, 2.75) is 107 Å². The third-order valence-corrected chi connectivity index (χ3v) is 8.85. The molecule has 2 aliphatic heterocycles. The normalized spacial score (nSPS) is 12.8. The minimum atomic E-state index is 0. The van der Waals surface area contributed by atoms with E-state index < -0.39 is 0 Å². The van der Waals surface area contributed by atoms with Gasteiger partial charge >= 0.3 is 0 Å². The van der Waals surface area contributed by atoms with Crippen molar-refractivity contribution in [3.8, 4) is 0 Å². The number of fused-ring (bicyclic) bond motifs is 8. The zero-order valence-electron chi connectivity index (χ0n) is 26.2. The second kappa shape index (κ2) is 13.1. The number of nitrogens with one attached hydrogen (secondary N) is 1. The van der Waals surface area contributed by atoms with E-state index >= 15 is 0 Å². The van der Waals surface area contributed by atoms with E-state index in [1.54, 1.807) is 0 Å². The van der Waals surface area contributed by atoms with E-state index in [1.165, 1.54) is 66.9 Å². The summed E-state index contributed by atoms with van der Waals surface area (Å²) in [5.74, 6) is 0. The molecule has 0 fully saturated rings. The van der Waals surface area contributed by atoms with Gasteiger partial charge in [-0.15, -0.1) is 0 Å². The van der Waals surface area contributed by atoms with Crippen LogP contribution >= 0.6 is 0 Å². The first kappa shape index (κ1) is 31.3. The number of aromatic nitrogens is 4. The molecule has 0 saturated carbocycles. The summed E-state index contributed by atoms with van der Waals surface area (Å²) in [6.45, 7) is 19.2. The number of rotatable bonds is 8. The molecular formula is C36H46AuN4. The van der Waals surface area contributed by atoms with Crippen LogP contribution in [0.2, 0.25) is 0 Å². The summed E-state index contributed by atoms with van der Waals surface area (Å²) in [6, 6.07) is 6.80. The molecule has 0 unspecified atom stereocenters. The van der Waals surface area contributed by atoms with Crippen molar-refractivity contribution >= 4 is 45.4 Å². The van der Waals surface area contributed by atoms with Crippen molar-refractivity contribution in [1.82, 2.24) is 19.5 Å². The smallest absolute Gasteiger partial charge is 0.0725 e. The van der Waals surface area contributed by atoms with Crippen LogP contribution in [0.15, 0.2) is 18.2 Å². The average molecular weight is 732 g/mol. The minimum absolute atomic E-state index is 0. The van der Waals surface area contributed by atoms with Crippen molar-refractivity contribution in [2.75, 3.05) is 0 Å². The van der Waals surface area contributed by atoms with Crippen LogP contribution in [0.4, 0.5) is 0 Å². The first-order valence-corrected chi connectivity index (χ1v) is 15.7. The Morgan fingerprint density at radius 2 is 1.20 bits per heavy atom. The number of nitrogens with zero attached hydrogens (tertiary/aromatic N) is 3. The van der Waals surface area contributed by atoms with Gasteiger partial charge < -0.3 is 9.55 Å². The molecule has 3 aromatic rings. The summed E-state index contributed by atoms with van der Waals surface area (Å²) >= 11 is 0. The van der Waals surface area contributed by atoms with Crippen LogP contribution in [0, 0.1) is 0 Å². The van der Waals surface area contributed by atoms with Gasteiger partial charge in [-0.1, -0.05) is 48.5 Å². The molecule has 41 heavy (non-hydrogen) atoms. The monoisotopic (exact) mass is 731 g/mol. The Hall–Kier alpha value is -2.66. The molecule has 0 amide bonds. The minimum Gasteiger partial charge on any atom is -0.355 e. The fraction of sp³-hybridized carbons (Fsp3) is 0.444.